The molecule has 0 saturated carbocycles. The van der Waals surface area contributed by atoms with Gasteiger partial charge in [-0.05, 0) is 42.5 Å². The van der Waals surface area contributed by atoms with E-state index in [9.17, 15) is 4.39 Å². The van der Waals surface area contributed by atoms with Crippen molar-refractivity contribution < 1.29 is 4.39 Å². The lowest BCUT2D eigenvalue weighted by Crippen LogP contribution is -2.49. The Morgan fingerprint density at radius 3 is 2.80 bits per heavy atom. The van der Waals surface area contributed by atoms with E-state index in [-0.39, 0.29) is 6.04 Å². The fourth-order valence-electron chi connectivity index (χ4n) is 4.75. The molecule has 5 rings (SSSR count). The topological polar surface area (TPSA) is 76.1 Å². The zero-order chi connectivity index (χ0) is 21.0. The van der Waals surface area contributed by atoms with E-state index in [0.717, 1.165) is 47.9 Å². The highest BCUT2D eigenvalue weighted by atomic mass is 19.1. The van der Waals surface area contributed by atoms with Gasteiger partial charge in [0.2, 0.25) is 0 Å². The molecule has 7 nitrogen and oxygen atoms in total. The summed E-state index contributed by atoms with van der Waals surface area (Å²) >= 11 is 0. The molecule has 0 aromatic carbocycles. The summed E-state index contributed by atoms with van der Waals surface area (Å²) in [4.78, 5) is 13.7. The van der Waals surface area contributed by atoms with Crippen molar-refractivity contribution in [1.82, 2.24) is 19.7 Å². The predicted molar refractivity (Wildman–Crippen MR) is 117 cm³/mol. The first-order valence-corrected chi connectivity index (χ1v) is 10.6. The lowest BCUT2D eigenvalue weighted by atomic mass is 9.91. The number of piperidine rings is 1. The molecule has 2 aliphatic rings. The van der Waals surface area contributed by atoms with Gasteiger partial charge in [0.05, 0.1) is 23.8 Å². The third-order valence-electron chi connectivity index (χ3n) is 6.46. The molecular weight excluding hydrogens is 381 g/mol. The third kappa shape index (κ3) is 3.19. The molecule has 2 aliphatic heterocycles. The number of anilines is 2. The van der Waals surface area contributed by atoms with Gasteiger partial charge in [-0.3, -0.25) is 4.68 Å². The SMILES string of the molecule is Cc1cc(N2Cc3cnc(N4CC[C@@H](N)[C@H](F)C4)cc3[C@@H](C)C2)c2cnn(C)c2n1. The van der Waals surface area contributed by atoms with Crippen LogP contribution in [-0.4, -0.2) is 51.6 Å². The molecule has 1 fully saturated rings. The molecule has 0 aliphatic carbocycles. The van der Waals surface area contributed by atoms with Gasteiger partial charge in [0.25, 0.3) is 0 Å². The fraction of sp³-hybridized carbons (Fsp3) is 0.500. The number of nitrogens with two attached hydrogens (primary N) is 1. The summed E-state index contributed by atoms with van der Waals surface area (Å²) in [5, 5.41) is 5.47. The Hall–Kier alpha value is -2.74. The van der Waals surface area contributed by atoms with Crippen LogP contribution in [0.25, 0.3) is 11.0 Å². The molecule has 0 radical (unpaired) electrons. The summed E-state index contributed by atoms with van der Waals surface area (Å²) in [6.45, 7) is 7.03. The van der Waals surface area contributed by atoms with Gasteiger partial charge in [0.1, 0.15) is 12.0 Å². The van der Waals surface area contributed by atoms with Gasteiger partial charge in [-0.2, -0.15) is 5.10 Å². The monoisotopic (exact) mass is 409 g/mol. The summed E-state index contributed by atoms with van der Waals surface area (Å²) in [7, 11) is 1.92. The fourth-order valence-corrected chi connectivity index (χ4v) is 4.75. The Kier molecular flexibility index (Phi) is 4.61. The molecule has 30 heavy (non-hydrogen) atoms. The van der Waals surface area contributed by atoms with Crippen LogP contribution in [0.15, 0.2) is 24.5 Å². The van der Waals surface area contributed by atoms with Crippen LogP contribution in [0.4, 0.5) is 15.9 Å². The van der Waals surface area contributed by atoms with Crippen LogP contribution in [0.3, 0.4) is 0 Å². The molecule has 3 atom stereocenters. The molecular formula is C22H28FN7. The van der Waals surface area contributed by atoms with E-state index in [1.54, 1.807) is 0 Å². The number of hydrogen-bond donors (Lipinski definition) is 1. The summed E-state index contributed by atoms with van der Waals surface area (Å²) in [5.74, 6) is 1.20. The van der Waals surface area contributed by atoms with Crippen molar-refractivity contribution in [3.63, 3.8) is 0 Å². The van der Waals surface area contributed by atoms with Crippen LogP contribution < -0.4 is 15.5 Å². The zero-order valence-electron chi connectivity index (χ0n) is 17.7. The summed E-state index contributed by atoms with van der Waals surface area (Å²) in [6.07, 6.45) is 3.52. The first-order chi connectivity index (χ1) is 14.4. The zero-order valence-corrected chi connectivity index (χ0v) is 17.7. The van der Waals surface area contributed by atoms with E-state index in [1.165, 1.54) is 11.1 Å². The number of nitrogens with zero attached hydrogens (tertiary/aromatic N) is 6. The van der Waals surface area contributed by atoms with Crippen LogP contribution in [-0.2, 0) is 13.6 Å². The van der Waals surface area contributed by atoms with Gasteiger partial charge in [-0.25, -0.2) is 14.4 Å². The number of halogens is 1. The number of fused-ring (bicyclic) bond motifs is 2. The van der Waals surface area contributed by atoms with Crippen molar-refractivity contribution >= 4 is 22.5 Å². The van der Waals surface area contributed by atoms with Crippen molar-refractivity contribution in [1.29, 1.82) is 0 Å². The van der Waals surface area contributed by atoms with Crippen LogP contribution in [0.5, 0.6) is 0 Å². The second-order valence-corrected chi connectivity index (χ2v) is 8.73. The predicted octanol–water partition coefficient (Wildman–Crippen LogP) is 2.67. The van der Waals surface area contributed by atoms with Gasteiger partial charge < -0.3 is 15.5 Å². The van der Waals surface area contributed by atoms with E-state index < -0.39 is 6.17 Å². The third-order valence-corrected chi connectivity index (χ3v) is 6.46. The van der Waals surface area contributed by atoms with Crippen molar-refractivity contribution in [2.75, 3.05) is 29.4 Å². The normalized spacial score (nSPS) is 24.4. The molecule has 0 amide bonds. The second-order valence-electron chi connectivity index (χ2n) is 8.73. The average Bonchev–Trinajstić information content (AvgIpc) is 3.10. The highest BCUT2D eigenvalue weighted by Gasteiger charge is 2.29. The number of alkyl halides is 1. The minimum atomic E-state index is -0.999. The number of aryl methyl sites for hydroxylation is 2. The maximum absolute atomic E-state index is 14.1. The van der Waals surface area contributed by atoms with Crippen molar-refractivity contribution in [2.45, 2.75) is 44.9 Å². The van der Waals surface area contributed by atoms with Crippen LogP contribution >= 0.6 is 0 Å². The summed E-state index contributed by atoms with van der Waals surface area (Å²) in [5.41, 5.74) is 11.4. The molecule has 0 spiro atoms. The molecule has 158 valence electrons. The maximum Gasteiger partial charge on any atom is 0.159 e. The molecule has 3 aromatic rings. The van der Waals surface area contributed by atoms with Gasteiger partial charge >= 0.3 is 0 Å². The van der Waals surface area contributed by atoms with Crippen molar-refractivity contribution in [2.24, 2.45) is 12.8 Å². The highest BCUT2D eigenvalue weighted by Crippen LogP contribution is 2.36. The molecule has 2 N–H and O–H groups in total. The van der Waals surface area contributed by atoms with E-state index in [2.05, 4.69) is 39.0 Å². The maximum atomic E-state index is 14.1. The van der Waals surface area contributed by atoms with E-state index >= 15 is 0 Å². The lowest BCUT2D eigenvalue weighted by Gasteiger charge is -2.37. The molecule has 8 heteroatoms. The average molecular weight is 410 g/mol. The van der Waals surface area contributed by atoms with Crippen LogP contribution in [0.2, 0.25) is 0 Å². The van der Waals surface area contributed by atoms with Gasteiger partial charge in [-0.15, -0.1) is 0 Å². The molecule has 3 aromatic heterocycles. The number of pyridine rings is 2. The minimum Gasteiger partial charge on any atom is -0.366 e. The Balaban J connectivity index is 1.45. The molecule has 0 unspecified atom stereocenters. The van der Waals surface area contributed by atoms with Gasteiger partial charge in [0.15, 0.2) is 5.65 Å². The largest absolute Gasteiger partial charge is 0.366 e. The van der Waals surface area contributed by atoms with E-state index in [0.29, 0.717) is 18.9 Å². The smallest absolute Gasteiger partial charge is 0.159 e. The first-order valence-electron chi connectivity index (χ1n) is 10.6. The minimum absolute atomic E-state index is 0.322. The molecule has 1 saturated heterocycles. The quantitative estimate of drug-likeness (QED) is 0.701. The Morgan fingerprint density at radius 2 is 2.00 bits per heavy atom. The van der Waals surface area contributed by atoms with E-state index in [1.807, 2.05) is 35.9 Å². The second kappa shape index (κ2) is 7.19. The Morgan fingerprint density at radius 1 is 1.17 bits per heavy atom. The number of hydrogen-bond acceptors (Lipinski definition) is 6. The number of rotatable bonds is 2. The molecule has 5 heterocycles. The number of aromatic nitrogens is 4. The molecule has 0 bridgehead atoms. The standard InChI is InChI=1S/C22H28FN7/c1-13-10-30(20-6-14(2)27-22-17(20)9-26-28(22)3)11-15-8-25-21(7-16(13)15)29-5-4-19(24)18(23)12-29/h6-9,13,18-19H,4-5,10-12,24H2,1-3H3/t13-,18+,19+/m0/s1. The van der Waals surface area contributed by atoms with Crippen LogP contribution in [0.1, 0.15) is 36.1 Å². The Labute approximate surface area is 175 Å². The summed E-state index contributed by atoms with van der Waals surface area (Å²) < 4.78 is 15.9. The van der Waals surface area contributed by atoms with Crippen LogP contribution in [0, 0.1) is 6.92 Å². The summed E-state index contributed by atoms with van der Waals surface area (Å²) in [6, 6.07) is 3.93. The lowest BCUT2D eigenvalue weighted by molar-refractivity contribution is 0.251. The Bertz CT molecular complexity index is 1090. The van der Waals surface area contributed by atoms with Crippen molar-refractivity contribution in [3.8, 4) is 0 Å². The van der Waals surface area contributed by atoms with Gasteiger partial charge in [-0.1, -0.05) is 6.92 Å². The van der Waals surface area contributed by atoms with E-state index in [4.69, 9.17) is 5.73 Å². The highest BCUT2D eigenvalue weighted by molar-refractivity contribution is 5.89. The van der Waals surface area contributed by atoms with Crippen molar-refractivity contribution in [3.05, 3.63) is 41.3 Å². The first kappa shape index (κ1) is 19.2. The van der Waals surface area contributed by atoms with Gasteiger partial charge in [0, 0.05) is 44.6 Å².